The maximum absolute atomic E-state index is 13.3. The van der Waals surface area contributed by atoms with Crippen LogP contribution >= 0.6 is 23.2 Å². The molecule has 4 aromatic rings. The third-order valence-electron chi connectivity index (χ3n) is 4.25. The summed E-state index contributed by atoms with van der Waals surface area (Å²) in [7, 11) is 0. The van der Waals surface area contributed by atoms with Gasteiger partial charge >= 0.3 is 0 Å². The third-order valence-corrected chi connectivity index (χ3v) is 4.99. The number of aromatic nitrogens is 3. The molecule has 0 bridgehead atoms. The van der Waals surface area contributed by atoms with E-state index in [4.69, 9.17) is 27.7 Å². The zero-order chi connectivity index (χ0) is 21.1. The van der Waals surface area contributed by atoms with Gasteiger partial charge in [0.05, 0.1) is 27.7 Å². The lowest BCUT2D eigenvalue weighted by Gasteiger charge is -2.06. The molecule has 0 unspecified atom stereocenters. The van der Waals surface area contributed by atoms with Gasteiger partial charge < -0.3 is 4.52 Å². The zero-order valence-corrected chi connectivity index (χ0v) is 16.8. The van der Waals surface area contributed by atoms with Crippen LogP contribution < -0.4 is 5.32 Å². The lowest BCUT2D eigenvalue weighted by molar-refractivity contribution is -0.115. The van der Waals surface area contributed by atoms with Crippen molar-refractivity contribution in [3.63, 3.8) is 0 Å². The van der Waals surface area contributed by atoms with Crippen molar-refractivity contribution in [2.24, 2.45) is 0 Å². The van der Waals surface area contributed by atoms with Crippen molar-refractivity contribution in [3.8, 4) is 22.5 Å². The van der Waals surface area contributed by atoms with Crippen LogP contribution in [0.15, 0.2) is 65.6 Å². The molecule has 1 amide bonds. The van der Waals surface area contributed by atoms with Crippen molar-refractivity contribution < 1.29 is 13.7 Å². The smallest absolute Gasteiger partial charge is 0.241 e. The van der Waals surface area contributed by atoms with E-state index in [0.29, 0.717) is 38.1 Å². The van der Waals surface area contributed by atoms with Gasteiger partial charge in [-0.3, -0.25) is 10.1 Å². The Morgan fingerprint density at radius 2 is 1.87 bits per heavy atom. The molecule has 1 N–H and O–H groups in total. The van der Waals surface area contributed by atoms with Gasteiger partial charge in [0.1, 0.15) is 17.8 Å². The maximum atomic E-state index is 13.3. The van der Waals surface area contributed by atoms with E-state index in [9.17, 15) is 9.18 Å². The van der Waals surface area contributed by atoms with Gasteiger partial charge in [-0.15, -0.1) is 0 Å². The summed E-state index contributed by atoms with van der Waals surface area (Å²) in [4.78, 5) is 20.7. The molecule has 150 valence electrons. The first-order valence-corrected chi connectivity index (χ1v) is 9.52. The maximum Gasteiger partial charge on any atom is 0.241 e. The molecular weight excluding hydrogens is 430 g/mol. The predicted molar refractivity (Wildman–Crippen MR) is 112 cm³/mol. The number of benzene rings is 2. The van der Waals surface area contributed by atoms with Crippen LogP contribution in [0.5, 0.6) is 0 Å². The fraction of sp³-hybridized carbons (Fsp3) is 0.0476. The van der Waals surface area contributed by atoms with Crippen molar-refractivity contribution in [2.75, 3.05) is 5.32 Å². The van der Waals surface area contributed by atoms with Gasteiger partial charge in [-0.05, 0) is 48.0 Å². The molecule has 2 aromatic heterocycles. The topological polar surface area (TPSA) is 80.9 Å². The van der Waals surface area contributed by atoms with E-state index in [0.717, 1.165) is 0 Å². The molecular formula is C21H13Cl2FN4O2. The minimum atomic E-state index is -0.374. The number of carbonyl (C=O) groups is 1. The molecule has 9 heteroatoms. The second-order valence-corrected chi connectivity index (χ2v) is 7.12. The number of nitrogens with zero attached hydrogens (tertiary/aromatic N) is 3. The van der Waals surface area contributed by atoms with Crippen LogP contribution in [0, 0.1) is 5.82 Å². The van der Waals surface area contributed by atoms with Crippen molar-refractivity contribution in [2.45, 2.75) is 6.42 Å². The van der Waals surface area contributed by atoms with E-state index in [-0.39, 0.29) is 24.0 Å². The summed E-state index contributed by atoms with van der Waals surface area (Å²) in [6.45, 7) is 0. The average molecular weight is 443 g/mol. The monoisotopic (exact) mass is 442 g/mol. The Labute approximate surface area is 180 Å². The second-order valence-electron chi connectivity index (χ2n) is 6.31. The summed E-state index contributed by atoms with van der Waals surface area (Å²) in [6.07, 6.45) is 2.98. The first-order valence-electron chi connectivity index (χ1n) is 8.77. The molecule has 0 saturated carbocycles. The lowest BCUT2D eigenvalue weighted by Crippen LogP contribution is -2.14. The quantitative estimate of drug-likeness (QED) is 0.445. The fourth-order valence-electron chi connectivity index (χ4n) is 2.86. The molecule has 0 fully saturated rings. The molecule has 0 aliphatic carbocycles. The van der Waals surface area contributed by atoms with Gasteiger partial charge in [-0.2, -0.15) is 0 Å². The number of carbonyl (C=O) groups excluding carboxylic acids is 1. The lowest BCUT2D eigenvalue weighted by atomic mass is 10.0. The van der Waals surface area contributed by atoms with E-state index >= 15 is 0 Å². The van der Waals surface area contributed by atoms with Gasteiger partial charge in [-0.25, -0.2) is 14.4 Å². The Hall–Kier alpha value is -3.29. The van der Waals surface area contributed by atoms with Crippen LogP contribution in [0.4, 0.5) is 10.3 Å². The highest BCUT2D eigenvalue weighted by Gasteiger charge is 2.22. The Kier molecular flexibility index (Phi) is 5.74. The largest absolute Gasteiger partial charge is 0.337 e. The number of amides is 1. The average Bonchev–Trinajstić information content (AvgIpc) is 3.15. The summed E-state index contributed by atoms with van der Waals surface area (Å²) in [5.74, 6) is -0.593. The van der Waals surface area contributed by atoms with E-state index in [1.807, 2.05) is 0 Å². The zero-order valence-electron chi connectivity index (χ0n) is 15.3. The molecule has 6 nitrogen and oxygen atoms in total. The van der Waals surface area contributed by atoms with Gasteiger partial charge in [0.25, 0.3) is 0 Å². The van der Waals surface area contributed by atoms with Crippen molar-refractivity contribution in [1.29, 1.82) is 0 Å². The molecule has 0 aliphatic heterocycles. The standard InChI is InChI=1S/C21H13Cl2FN4O2/c22-15-6-1-12(9-16(15)23)10-18(29)27-21-19(17-7-8-25-11-26-17)20(28-30-21)13-2-4-14(24)5-3-13/h1-9,11H,10H2,(H,27,29). The summed E-state index contributed by atoms with van der Waals surface area (Å²) in [6, 6.07) is 12.4. The van der Waals surface area contributed by atoms with Crippen LogP contribution in [0.3, 0.4) is 0 Å². The number of anilines is 1. The van der Waals surface area contributed by atoms with Crippen molar-refractivity contribution in [1.82, 2.24) is 15.1 Å². The number of hydrogen-bond acceptors (Lipinski definition) is 5. The molecule has 0 saturated heterocycles. The molecule has 4 rings (SSSR count). The Morgan fingerprint density at radius 1 is 1.07 bits per heavy atom. The Balaban J connectivity index is 1.66. The van der Waals surface area contributed by atoms with Crippen molar-refractivity contribution in [3.05, 3.63) is 82.5 Å². The number of rotatable bonds is 5. The van der Waals surface area contributed by atoms with E-state index < -0.39 is 0 Å². The van der Waals surface area contributed by atoms with Crippen molar-refractivity contribution >= 4 is 35.0 Å². The molecule has 0 radical (unpaired) electrons. The third kappa shape index (κ3) is 4.32. The summed E-state index contributed by atoms with van der Waals surface area (Å²) in [5, 5.41) is 7.55. The van der Waals surface area contributed by atoms with Crippen LogP contribution in [0.2, 0.25) is 10.0 Å². The molecule has 0 aliphatic rings. The fourth-order valence-corrected chi connectivity index (χ4v) is 3.18. The van der Waals surface area contributed by atoms with Crippen LogP contribution in [-0.2, 0) is 11.2 Å². The first kappa shape index (κ1) is 20.0. The number of nitrogens with one attached hydrogen (secondary N) is 1. The highest BCUT2D eigenvalue weighted by atomic mass is 35.5. The molecule has 0 atom stereocenters. The number of hydrogen-bond donors (Lipinski definition) is 1. The van der Waals surface area contributed by atoms with E-state index in [1.165, 1.54) is 18.5 Å². The Bertz CT molecular complexity index is 1200. The number of halogens is 3. The van der Waals surface area contributed by atoms with Gasteiger partial charge in [-0.1, -0.05) is 34.4 Å². The van der Waals surface area contributed by atoms with Crippen LogP contribution in [0.1, 0.15) is 5.56 Å². The van der Waals surface area contributed by atoms with E-state index in [2.05, 4.69) is 20.4 Å². The first-order chi connectivity index (χ1) is 14.5. The van der Waals surface area contributed by atoms with Gasteiger partial charge in [0, 0.05) is 11.8 Å². The normalized spacial score (nSPS) is 10.8. The van der Waals surface area contributed by atoms with Crippen LogP contribution in [0.25, 0.3) is 22.5 Å². The SMILES string of the molecule is O=C(Cc1ccc(Cl)c(Cl)c1)Nc1onc(-c2ccc(F)cc2)c1-c1ccncn1. The van der Waals surface area contributed by atoms with E-state index in [1.54, 1.807) is 42.6 Å². The summed E-state index contributed by atoms with van der Waals surface area (Å²) < 4.78 is 18.7. The minimum Gasteiger partial charge on any atom is -0.337 e. The van der Waals surface area contributed by atoms with Crippen LogP contribution in [-0.4, -0.2) is 21.0 Å². The predicted octanol–water partition coefficient (Wildman–Crippen LogP) is 5.43. The summed E-state index contributed by atoms with van der Waals surface area (Å²) in [5.41, 5.74) is 2.67. The molecule has 2 heterocycles. The highest BCUT2D eigenvalue weighted by Crippen LogP contribution is 2.36. The molecule has 30 heavy (non-hydrogen) atoms. The van der Waals surface area contributed by atoms with Gasteiger partial charge in [0.2, 0.25) is 11.8 Å². The highest BCUT2D eigenvalue weighted by molar-refractivity contribution is 6.42. The Morgan fingerprint density at radius 3 is 2.57 bits per heavy atom. The minimum absolute atomic E-state index is 0.0483. The second kappa shape index (κ2) is 8.61. The molecule has 2 aromatic carbocycles. The van der Waals surface area contributed by atoms with Gasteiger partial charge in [0.15, 0.2) is 0 Å². The molecule has 0 spiro atoms. The summed E-state index contributed by atoms with van der Waals surface area (Å²) >= 11 is 11.9.